The molecule has 0 atom stereocenters. The Morgan fingerprint density at radius 2 is 2.24 bits per heavy atom. The van der Waals surface area contributed by atoms with Gasteiger partial charge in [0.05, 0.1) is 9.95 Å². The van der Waals surface area contributed by atoms with E-state index in [0.29, 0.717) is 5.75 Å². The molecule has 0 saturated heterocycles. The van der Waals surface area contributed by atoms with Gasteiger partial charge in [-0.3, -0.25) is 10.1 Å². The molecule has 110 valence electrons. The third-order valence-corrected chi connectivity index (χ3v) is 3.04. The minimum Gasteiger partial charge on any atom is -0.487 e. The van der Waals surface area contributed by atoms with E-state index in [-0.39, 0.29) is 17.3 Å². The van der Waals surface area contributed by atoms with Crippen LogP contribution in [0.5, 0.6) is 5.75 Å². The average molecular weight is 308 g/mol. The lowest BCUT2D eigenvalue weighted by molar-refractivity contribution is -0.384. The van der Waals surface area contributed by atoms with E-state index in [1.165, 1.54) is 18.2 Å². The predicted molar refractivity (Wildman–Crippen MR) is 80.8 cm³/mol. The Bertz CT molecular complexity index is 649. The number of pyridine rings is 1. The molecule has 0 amide bonds. The van der Waals surface area contributed by atoms with E-state index in [1.54, 1.807) is 6.20 Å². The molecule has 0 aliphatic rings. The molecule has 2 aromatic rings. The summed E-state index contributed by atoms with van der Waals surface area (Å²) in [6.07, 6.45) is 1.69. The van der Waals surface area contributed by atoms with Crippen molar-refractivity contribution < 1.29 is 9.66 Å². The van der Waals surface area contributed by atoms with Gasteiger partial charge in [-0.25, -0.2) is 4.98 Å². The molecule has 0 aliphatic carbocycles. The van der Waals surface area contributed by atoms with Crippen LogP contribution in [0.25, 0.3) is 0 Å². The first-order valence-corrected chi connectivity index (χ1v) is 6.74. The third-order valence-electron chi connectivity index (χ3n) is 2.74. The Hall–Kier alpha value is -2.34. The monoisotopic (exact) mass is 307 g/mol. The standard InChI is InChI=1S/C14H14ClN3O3/c1-2-16-14-10(4-3-7-17-14)9-21-13-6-5-11(18(19)20)8-12(13)15/h3-8H,2,9H2,1H3,(H,16,17). The Balaban J connectivity index is 2.11. The zero-order chi connectivity index (χ0) is 15.2. The lowest BCUT2D eigenvalue weighted by Crippen LogP contribution is -2.05. The predicted octanol–water partition coefficient (Wildman–Crippen LogP) is 3.65. The molecule has 7 heteroatoms. The zero-order valence-corrected chi connectivity index (χ0v) is 12.1. The minimum atomic E-state index is -0.500. The fourth-order valence-electron chi connectivity index (χ4n) is 1.76. The summed E-state index contributed by atoms with van der Waals surface area (Å²) in [4.78, 5) is 14.4. The fourth-order valence-corrected chi connectivity index (χ4v) is 1.99. The van der Waals surface area contributed by atoms with Gasteiger partial charge in [-0.2, -0.15) is 0 Å². The van der Waals surface area contributed by atoms with E-state index >= 15 is 0 Å². The van der Waals surface area contributed by atoms with Gasteiger partial charge in [-0.05, 0) is 19.1 Å². The molecule has 21 heavy (non-hydrogen) atoms. The number of benzene rings is 1. The Morgan fingerprint density at radius 1 is 1.43 bits per heavy atom. The summed E-state index contributed by atoms with van der Waals surface area (Å²) >= 11 is 5.98. The van der Waals surface area contributed by atoms with Gasteiger partial charge in [0.2, 0.25) is 0 Å². The summed E-state index contributed by atoms with van der Waals surface area (Å²) in [6, 6.07) is 7.83. The zero-order valence-electron chi connectivity index (χ0n) is 11.4. The number of aromatic nitrogens is 1. The largest absolute Gasteiger partial charge is 0.487 e. The van der Waals surface area contributed by atoms with Gasteiger partial charge in [0.25, 0.3) is 5.69 Å². The van der Waals surface area contributed by atoms with E-state index in [4.69, 9.17) is 16.3 Å². The first kappa shape index (κ1) is 15.1. The number of hydrogen-bond acceptors (Lipinski definition) is 5. The first-order chi connectivity index (χ1) is 10.1. The van der Waals surface area contributed by atoms with E-state index in [1.807, 2.05) is 19.1 Å². The number of rotatable bonds is 6. The number of ether oxygens (including phenoxy) is 1. The smallest absolute Gasteiger partial charge is 0.271 e. The molecule has 0 radical (unpaired) electrons. The quantitative estimate of drug-likeness (QED) is 0.651. The number of hydrogen-bond donors (Lipinski definition) is 1. The normalized spacial score (nSPS) is 10.2. The van der Waals surface area contributed by atoms with Crippen LogP contribution in [0.4, 0.5) is 11.5 Å². The van der Waals surface area contributed by atoms with Gasteiger partial charge in [0.15, 0.2) is 0 Å². The highest BCUT2D eigenvalue weighted by molar-refractivity contribution is 6.32. The molecular formula is C14H14ClN3O3. The van der Waals surface area contributed by atoms with Crippen LogP contribution in [0.1, 0.15) is 12.5 Å². The van der Waals surface area contributed by atoms with Crippen LogP contribution in [0.3, 0.4) is 0 Å². The van der Waals surface area contributed by atoms with Crippen molar-refractivity contribution in [3.8, 4) is 5.75 Å². The van der Waals surface area contributed by atoms with Crippen LogP contribution in [0.2, 0.25) is 5.02 Å². The summed E-state index contributed by atoms with van der Waals surface area (Å²) in [6.45, 7) is 3.00. The number of anilines is 1. The van der Waals surface area contributed by atoms with Crippen molar-refractivity contribution in [1.82, 2.24) is 4.98 Å². The molecule has 0 saturated carbocycles. The summed E-state index contributed by atoms with van der Waals surface area (Å²) in [5.41, 5.74) is 0.816. The van der Waals surface area contributed by atoms with E-state index < -0.39 is 4.92 Å². The molecule has 6 nitrogen and oxygen atoms in total. The maximum atomic E-state index is 10.6. The van der Waals surface area contributed by atoms with Gasteiger partial charge in [-0.15, -0.1) is 0 Å². The maximum Gasteiger partial charge on any atom is 0.271 e. The van der Waals surface area contributed by atoms with Gasteiger partial charge < -0.3 is 10.1 Å². The lowest BCUT2D eigenvalue weighted by Gasteiger charge is -2.11. The van der Waals surface area contributed by atoms with Gasteiger partial charge >= 0.3 is 0 Å². The number of nitro benzene ring substituents is 1. The Morgan fingerprint density at radius 3 is 2.90 bits per heavy atom. The summed E-state index contributed by atoms with van der Waals surface area (Å²) in [5.74, 6) is 1.15. The molecule has 0 bridgehead atoms. The van der Waals surface area contributed by atoms with Crippen molar-refractivity contribution in [2.45, 2.75) is 13.5 Å². The number of non-ortho nitro benzene ring substituents is 1. The SMILES string of the molecule is CCNc1ncccc1COc1ccc([N+](=O)[O-])cc1Cl. The summed E-state index contributed by atoms with van der Waals surface area (Å²) < 4.78 is 5.61. The Labute approximate surface area is 126 Å². The van der Waals surface area contributed by atoms with Crippen LogP contribution in [0, 0.1) is 10.1 Å². The van der Waals surface area contributed by atoms with Crippen LogP contribution in [0.15, 0.2) is 36.5 Å². The molecule has 1 aromatic heterocycles. The molecule has 1 heterocycles. The van der Waals surface area contributed by atoms with Gasteiger partial charge in [-0.1, -0.05) is 17.7 Å². The van der Waals surface area contributed by atoms with Crippen molar-refractivity contribution >= 4 is 23.1 Å². The number of nitrogens with zero attached hydrogens (tertiary/aromatic N) is 2. The second kappa shape index (κ2) is 6.90. The van der Waals surface area contributed by atoms with Crippen molar-refractivity contribution in [2.24, 2.45) is 0 Å². The van der Waals surface area contributed by atoms with Crippen molar-refractivity contribution in [3.63, 3.8) is 0 Å². The van der Waals surface area contributed by atoms with Crippen LogP contribution in [-0.2, 0) is 6.61 Å². The summed E-state index contributed by atoms with van der Waals surface area (Å²) in [7, 11) is 0. The number of nitrogens with one attached hydrogen (secondary N) is 1. The van der Waals surface area contributed by atoms with Crippen molar-refractivity contribution in [1.29, 1.82) is 0 Å². The van der Waals surface area contributed by atoms with Gasteiger partial charge in [0, 0.05) is 30.4 Å². The highest BCUT2D eigenvalue weighted by Gasteiger charge is 2.11. The molecule has 2 rings (SSSR count). The minimum absolute atomic E-state index is 0.0675. The molecular weight excluding hydrogens is 294 g/mol. The van der Waals surface area contributed by atoms with Crippen LogP contribution < -0.4 is 10.1 Å². The van der Waals surface area contributed by atoms with Crippen molar-refractivity contribution in [3.05, 3.63) is 57.2 Å². The maximum absolute atomic E-state index is 10.6. The molecule has 0 fully saturated rings. The molecule has 0 spiro atoms. The molecule has 0 unspecified atom stereocenters. The van der Waals surface area contributed by atoms with Gasteiger partial charge in [0.1, 0.15) is 18.2 Å². The second-order valence-electron chi connectivity index (χ2n) is 4.20. The molecule has 1 N–H and O–H groups in total. The molecule has 1 aromatic carbocycles. The number of nitro groups is 1. The van der Waals surface area contributed by atoms with Crippen molar-refractivity contribution in [2.75, 3.05) is 11.9 Å². The highest BCUT2D eigenvalue weighted by Crippen LogP contribution is 2.29. The lowest BCUT2D eigenvalue weighted by atomic mass is 10.2. The van der Waals surface area contributed by atoms with Crippen LogP contribution >= 0.6 is 11.6 Å². The third kappa shape index (κ3) is 3.82. The Kier molecular flexibility index (Phi) is 4.94. The molecule has 0 aliphatic heterocycles. The van der Waals surface area contributed by atoms with E-state index in [0.717, 1.165) is 17.9 Å². The topological polar surface area (TPSA) is 77.3 Å². The summed E-state index contributed by atoms with van der Waals surface area (Å²) in [5, 5.41) is 14.0. The highest BCUT2D eigenvalue weighted by atomic mass is 35.5. The van der Waals surface area contributed by atoms with E-state index in [2.05, 4.69) is 10.3 Å². The van der Waals surface area contributed by atoms with Crippen LogP contribution in [-0.4, -0.2) is 16.5 Å². The second-order valence-corrected chi connectivity index (χ2v) is 4.61. The average Bonchev–Trinajstić information content (AvgIpc) is 2.47. The fraction of sp³-hybridized carbons (Fsp3) is 0.214. The van der Waals surface area contributed by atoms with E-state index in [9.17, 15) is 10.1 Å². The first-order valence-electron chi connectivity index (χ1n) is 6.36. The number of halogens is 1.